The first-order valence-corrected chi connectivity index (χ1v) is 8.16. The normalized spacial score (nSPS) is 35.5. The molecular weight excluding hydrogens is 352 g/mol. The molecule has 0 atom stereocenters. The first-order chi connectivity index (χ1) is 12.3. The van der Waals surface area contributed by atoms with Gasteiger partial charge in [-0.2, -0.15) is 0 Å². The molecule has 2 fully saturated rings. The van der Waals surface area contributed by atoms with Crippen LogP contribution in [0.3, 0.4) is 0 Å². The van der Waals surface area contributed by atoms with Crippen molar-refractivity contribution < 1.29 is 48.2 Å². The molecule has 26 heavy (non-hydrogen) atoms. The van der Waals surface area contributed by atoms with E-state index in [1.165, 1.54) is 13.8 Å². The molecule has 2 heterocycles. The van der Waals surface area contributed by atoms with Crippen molar-refractivity contribution in [3.63, 3.8) is 0 Å². The Morgan fingerprint density at radius 2 is 1.15 bits per heavy atom. The molecule has 0 aromatic rings. The Bertz CT molecular complexity index is 469. The molecule has 0 aromatic heterocycles. The van der Waals surface area contributed by atoms with Gasteiger partial charge in [-0.1, -0.05) is 12.2 Å². The van der Waals surface area contributed by atoms with Gasteiger partial charge in [0, 0.05) is 13.8 Å². The van der Waals surface area contributed by atoms with Crippen LogP contribution in [-0.2, 0) is 38.0 Å². The van der Waals surface area contributed by atoms with Crippen molar-refractivity contribution >= 4 is 11.9 Å². The number of carbonyl (C=O) groups is 2. The highest BCUT2D eigenvalue weighted by atomic mass is 16.7. The van der Waals surface area contributed by atoms with Gasteiger partial charge in [0.15, 0.2) is 0 Å². The van der Waals surface area contributed by atoms with Gasteiger partial charge in [-0.05, 0) is 0 Å². The molecule has 2 aliphatic heterocycles. The summed E-state index contributed by atoms with van der Waals surface area (Å²) in [4.78, 5) is 21.9. The summed E-state index contributed by atoms with van der Waals surface area (Å²) in [6.45, 7) is 3.80. The second kappa shape index (κ2) is 8.89. The van der Waals surface area contributed by atoms with E-state index < -0.39 is 23.5 Å². The van der Waals surface area contributed by atoms with Gasteiger partial charge in [0.05, 0.1) is 39.6 Å². The summed E-state index contributed by atoms with van der Waals surface area (Å²) in [6.07, 6.45) is 2.80. The maximum absolute atomic E-state index is 11.0. The lowest BCUT2D eigenvalue weighted by atomic mass is 10.2. The molecule has 0 saturated carbocycles. The molecule has 2 aliphatic rings. The fourth-order valence-corrected chi connectivity index (χ4v) is 2.15. The standard InChI is InChI=1S/C16H24O10/c1-15(13(17)18)23-7-11(8-24-15)21-5-3-4-6-22-12-9-25-16(2,14(19)20)26-10-12/h3-4,11-12H,5-10H2,1-2H3,(H,17,18)(H,19,20). The van der Waals surface area contributed by atoms with Crippen LogP contribution in [0, 0.1) is 0 Å². The number of hydrogen-bond acceptors (Lipinski definition) is 8. The molecule has 0 unspecified atom stereocenters. The molecule has 0 bridgehead atoms. The number of carboxylic acids is 2. The highest BCUT2D eigenvalue weighted by Crippen LogP contribution is 2.21. The predicted octanol–water partition coefficient (Wildman–Crippen LogP) is 0.00820. The Hall–Kier alpha value is -1.56. The van der Waals surface area contributed by atoms with E-state index >= 15 is 0 Å². The highest BCUT2D eigenvalue weighted by molar-refractivity contribution is 5.75. The minimum atomic E-state index is -1.62. The molecule has 0 amide bonds. The summed E-state index contributed by atoms with van der Waals surface area (Å²) in [6, 6.07) is 0. The Morgan fingerprint density at radius 1 is 0.846 bits per heavy atom. The molecule has 0 radical (unpaired) electrons. The highest BCUT2D eigenvalue weighted by Gasteiger charge is 2.41. The van der Waals surface area contributed by atoms with Gasteiger partial charge in [-0.15, -0.1) is 0 Å². The van der Waals surface area contributed by atoms with Crippen LogP contribution >= 0.6 is 0 Å². The number of ether oxygens (including phenoxy) is 6. The fourth-order valence-electron chi connectivity index (χ4n) is 2.15. The van der Waals surface area contributed by atoms with Gasteiger partial charge in [0.25, 0.3) is 11.6 Å². The van der Waals surface area contributed by atoms with Crippen molar-refractivity contribution in [3.8, 4) is 0 Å². The summed E-state index contributed by atoms with van der Waals surface area (Å²) < 4.78 is 31.7. The van der Waals surface area contributed by atoms with Crippen LogP contribution in [-0.4, -0.2) is 85.6 Å². The van der Waals surface area contributed by atoms with E-state index in [2.05, 4.69) is 0 Å². The van der Waals surface area contributed by atoms with Crippen LogP contribution in [0.25, 0.3) is 0 Å². The number of carboxylic acid groups (broad SMARTS) is 2. The first-order valence-electron chi connectivity index (χ1n) is 8.16. The summed E-state index contributed by atoms with van der Waals surface area (Å²) in [5, 5.41) is 17.9. The first kappa shape index (κ1) is 20.7. The summed E-state index contributed by atoms with van der Waals surface area (Å²) in [5.74, 6) is -5.59. The average molecular weight is 376 g/mol. The van der Waals surface area contributed by atoms with Crippen molar-refractivity contribution in [2.45, 2.75) is 37.6 Å². The summed E-state index contributed by atoms with van der Waals surface area (Å²) in [5.41, 5.74) is 0. The zero-order valence-electron chi connectivity index (χ0n) is 14.7. The van der Waals surface area contributed by atoms with Gasteiger partial charge in [-0.25, -0.2) is 9.59 Å². The zero-order chi connectivity index (χ0) is 19.2. The topological polar surface area (TPSA) is 130 Å². The molecule has 148 valence electrons. The van der Waals surface area contributed by atoms with Crippen molar-refractivity contribution in [1.29, 1.82) is 0 Å². The summed E-state index contributed by atoms with van der Waals surface area (Å²) >= 11 is 0. The molecule has 0 spiro atoms. The van der Waals surface area contributed by atoms with E-state index in [1.54, 1.807) is 12.2 Å². The SMILES string of the molecule is CC1(C(=O)O)OCC(OCC=CCOC2COC(C)(C(=O)O)OC2)CO1. The Labute approximate surface area is 150 Å². The number of aliphatic carboxylic acids is 2. The van der Waals surface area contributed by atoms with E-state index in [4.69, 9.17) is 38.6 Å². The van der Waals surface area contributed by atoms with E-state index in [-0.39, 0.29) is 38.6 Å². The molecule has 2 N–H and O–H groups in total. The van der Waals surface area contributed by atoms with Gasteiger partial charge >= 0.3 is 11.9 Å². The quantitative estimate of drug-likeness (QED) is 0.559. The lowest BCUT2D eigenvalue weighted by Gasteiger charge is -2.34. The van der Waals surface area contributed by atoms with Gasteiger partial charge in [0.2, 0.25) is 0 Å². The van der Waals surface area contributed by atoms with Crippen molar-refractivity contribution in [1.82, 2.24) is 0 Å². The third-order valence-electron chi connectivity index (χ3n) is 3.98. The lowest BCUT2D eigenvalue weighted by Crippen LogP contribution is -2.50. The lowest BCUT2D eigenvalue weighted by molar-refractivity contribution is -0.283. The predicted molar refractivity (Wildman–Crippen MR) is 84.5 cm³/mol. The van der Waals surface area contributed by atoms with Crippen LogP contribution in [0.1, 0.15) is 13.8 Å². The van der Waals surface area contributed by atoms with E-state index in [9.17, 15) is 9.59 Å². The maximum atomic E-state index is 11.0. The molecule has 0 aliphatic carbocycles. The molecule has 10 heteroatoms. The molecular formula is C16H24O10. The second-order valence-corrected chi connectivity index (χ2v) is 6.13. The van der Waals surface area contributed by atoms with Crippen LogP contribution in [0.15, 0.2) is 12.2 Å². The third-order valence-corrected chi connectivity index (χ3v) is 3.98. The Morgan fingerprint density at radius 3 is 1.42 bits per heavy atom. The van der Waals surface area contributed by atoms with Crippen molar-refractivity contribution in [3.05, 3.63) is 12.2 Å². The van der Waals surface area contributed by atoms with Crippen LogP contribution in [0.4, 0.5) is 0 Å². The smallest absolute Gasteiger partial charge is 0.364 e. The minimum absolute atomic E-state index is 0.131. The van der Waals surface area contributed by atoms with E-state index in [1.807, 2.05) is 0 Å². The largest absolute Gasteiger partial charge is 0.477 e. The number of rotatable bonds is 8. The zero-order valence-corrected chi connectivity index (χ0v) is 14.7. The van der Waals surface area contributed by atoms with Crippen LogP contribution < -0.4 is 0 Å². The monoisotopic (exact) mass is 376 g/mol. The van der Waals surface area contributed by atoms with Gasteiger partial charge in [0.1, 0.15) is 12.2 Å². The maximum Gasteiger partial charge on any atom is 0.364 e. The van der Waals surface area contributed by atoms with Crippen LogP contribution in [0.2, 0.25) is 0 Å². The van der Waals surface area contributed by atoms with Crippen molar-refractivity contribution in [2.75, 3.05) is 39.6 Å². The summed E-state index contributed by atoms with van der Waals surface area (Å²) in [7, 11) is 0. The minimum Gasteiger partial charge on any atom is -0.477 e. The van der Waals surface area contributed by atoms with Gasteiger partial charge in [-0.3, -0.25) is 0 Å². The second-order valence-electron chi connectivity index (χ2n) is 6.13. The average Bonchev–Trinajstić information content (AvgIpc) is 2.61. The van der Waals surface area contributed by atoms with Gasteiger partial charge < -0.3 is 38.6 Å². The molecule has 2 saturated heterocycles. The molecule has 0 aromatic carbocycles. The van der Waals surface area contributed by atoms with Crippen LogP contribution in [0.5, 0.6) is 0 Å². The van der Waals surface area contributed by atoms with E-state index in [0.717, 1.165) is 0 Å². The molecule has 2 rings (SSSR count). The third kappa shape index (κ3) is 5.47. The van der Waals surface area contributed by atoms with Crippen molar-refractivity contribution in [2.24, 2.45) is 0 Å². The molecule has 10 nitrogen and oxygen atoms in total. The Kier molecular flexibility index (Phi) is 7.09. The fraction of sp³-hybridized carbons (Fsp3) is 0.750. The number of hydrogen-bond donors (Lipinski definition) is 2. The Balaban J connectivity index is 1.56. The van der Waals surface area contributed by atoms with E-state index in [0.29, 0.717) is 13.2 Å².